The molecule has 9 heteroatoms. The Morgan fingerprint density at radius 2 is 1.79 bits per heavy atom. The maximum Gasteiger partial charge on any atom is 0.237 e. The fraction of sp³-hybridized carbons (Fsp3) is 0.125. The van der Waals surface area contributed by atoms with Gasteiger partial charge in [0, 0.05) is 28.5 Å². The number of benzene rings is 2. The van der Waals surface area contributed by atoms with Crippen LogP contribution < -0.4 is 0 Å². The highest BCUT2D eigenvalue weighted by molar-refractivity contribution is 7.98. The van der Waals surface area contributed by atoms with E-state index in [1.54, 1.807) is 12.4 Å². The minimum atomic E-state index is 0.451. The predicted octanol–water partition coefficient (Wildman–Crippen LogP) is 5.94. The Kier molecular flexibility index (Phi) is 5.93. The number of aromatic nitrogens is 6. The number of rotatable bonds is 6. The SMILES string of the molecule is Cc1ccccc1-c1noc(CSc2nnc(-c3ccncc3)n2-c2cccc(Cl)c2C)n1. The van der Waals surface area contributed by atoms with Gasteiger partial charge in [0.05, 0.1) is 11.4 Å². The number of hydrogen-bond acceptors (Lipinski definition) is 7. The van der Waals surface area contributed by atoms with E-state index in [2.05, 4.69) is 25.3 Å². The Balaban J connectivity index is 1.49. The molecule has 0 aliphatic rings. The second-order valence-corrected chi connectivity index (χ2v) is 8.73. The fourth-order valence-corrected chi connectivity index (χ4v) is 4.43. The smallest absolute Gasteiger partial charge is 0.237 e. The van der Waals surface area contributed by atoms with Crippen LogP contribution in [0.15, 0.2) is 76.7 Å². The Bertz CT molecular complexity index is 1420. The molecule has 0 radical (unpaired) electrons. The zero-order chi connectivity index (χ0) is 22.8. The molecule has 0 bridgehead atoms. The molecule has 0 atom stereocenters. The van der Waals surface area contributed by atoms with Crippen molar-refractivity contribution >= 4 is 23.4 Å². The van der Waals surface area contributed by atoms with Crippen LogP contribution >= 0.6 is 23.4 Å². The molecule has 0 N–H and O–H groups in total. The van der Waals surface area contributed by atoms with Crippen molar-refractivity contribution in [3.63, 3.8) is 0 Å². The Morgan fingerprint density at radius 3 is 2.61 bits per heavy atom. The van der Waals surface area contributed by atoms with Crippen LogP contribution in [0.1, 0.15) is 17.0 Å². The van der Waals surface area contributed by atoms with Crippen LogP contribution in [0.25, 0.3) is 28.5 Å². The summed E-state index contributed by atoms with van der Waals surface area (Å²) in [4.78, 5) is 8.68. The van der Waals surface area contributed by atoms with Gasteiger partial charge in [0.25, 0.3) is 0 Å². The van der Waals surface area contributed by atoms with E-state index in [1.807, 2.05) is 73.0 Å². The molecule has 0 fully saturated rings. The lowest BCUT2D eigenvalue weighted by Crippen LogP contribution is -2.02. The van der Waals surface area contributed by atoms with E-state index < -0.39 is 0 Å². The highest BCUT2D eigenvalue weighted by Crippen LogP contribution is 2.33. The standard InChI is InChI=1S/C24H19ClN6OS/c1-15-6-3-4-7-18(15)22-27-21(32-30-22)14-33-24-29-28-23(17-10-12-26-13-11-17)31(24)20-9-5-8-19(25)16(20)2/h3-13H,14H2,1-2H3. The Labute approximate surface area is 199 Å². The van der Waals surface area contributed by atoms with Crippen LogP contribution in [-0.2, 0) is 5.75 Å². The summed E-state index contributed by atoms with van der Waals surface area (Å²) in [7, 11) is 0. The molecule has 7 nitrogen and oxygen atoms in total. The van der Waals surface area contributed by atoms with Crippen molar-refractivity contribution in [2.45, 2.75) is 24.8 Å². The molecule has 5 aromatic rings. The van der Waals surface area contributed by atoms with Gasteiger partial charge >= 0.3 is 0 Å². The van der Waals surface area contributed by atoms with Crippen LogP contribution in [0.2, 0.25) is 5.02 Å². The van der Waals surface area contributed by atoms with E-state index in [4.69, 9.17) is 16.1 Å². The number of aryl methyl sites for hydroxylation is 1. The quantitative estimate of drug-likeness (QED) is 0.281. The predicted molar refractivity (Wildman–Crippen MR) is 128 cm³/mol. The van der Waals surface area contributed by atoms with Crippen molar-refractivity contribution in [3.05, 3.63) is 89.0 Å². The maximum absolute atomic E-state index is 6.42. The molecular formula is C24H19ClN6OS. The number of pyridine rings is 1. The Hall–Kier alpha value is -3.49. The van der Waals surface area contributed by atoms with Gasteiger partial charge in [-0.3, -0.25) is 9.55 Å². The number of hydrogen-bond donors (Lipinski definition) is 0. The summed E-state index contributed by atoms with van der Waals surface area (Å²) >= 11 is 7.90. The van der Waals surface area contributed by atoms with Crippen LogP contribution in [0, 0.1) is 13.8 Å². The fourth-order valence-electron chi connectivity index (χ4n) is 3.48. The van der Waals surface area contributed by atoms with E-state index in [0.29, 0.717) is 33.5 Å². The molecule has 0 aliphatic heterocycles. The number of halogens is 1. The average Bonchev–Trinajstić information content (AvgIpc) is 3.48. The van der Waals surface area contributed by atoms with Crippen LogP contribution in [0.5, 0.6) is 0 Å². The summed E-state index contributed by atoms with van der Waals surface area (Å²) in [6, 6.07) is 17.6. The Morgan fingerprint density at radius 1 is 0.970 bits per heavy atom. The molecular weight excluding hydrogens is 456 g/mol. The van der Waals surface area contributed by atoms with E-state index in [0.717, 1.165) is 27.9 Å². The largest absolute Gasteiger partial charge is 0.338 e. The minimum absolute atomic E-state index is 0.451. The molecule has 3 heterocycles. The zero-order valence-corrected chi connectivity index (χ0v) is 19.5. The molecule has 2 aromatic carbocycles. The van der Waals surface area contributed by atoms with Crippen LogP contribution in [0.4, 0.5) is 0 Å². The lowest BCUT2D eigenvalue weighted by atomic mass is 10.1. The van der Waals surface area contributed by atoms with Crippen molar-refractivity contribution < 1.29 is 4.52 Å². The van der Waals surface area contributed by atoms with Gasteiger partial charge in [-0.1, -0.05) is 58.9 Å². The third kappa shape index (κ3) is 4.27. The average molecular weight is 475 g/mol. The van der Waals surface area contributed by atoms with Gasteiger partial charge in [0.15, 0.2) is 11.0 Å². The van der Waals surface area contributed by atoms with E-state index in [1.165, 1.54) is 11.8 Å². The first-order valence-electron chi connectivity index (χ1n) is 10.2. The van der Waals surface area contributed by atoms with Gasteiger partial charge < -0.3 is 4.52 Å². The van der Waals surface area contributed by atoms with Crippen molar-refractivity contribution in [1.29, 1.82) is 0 Å². The molecule has 5 rings (SSSR count). The molecule has 0 saturated heterocycles. The molecule has 0 amide bonds. The van der Waals surface area contributed by atoms with Crippen molar-refractivity contribution in [2.24, 2.45) is 0 Å². The number of nitrogens with zero attached hydrogens (tertiary/aromatic N) is 6. The summed E-state index contributed by atoms with van der Waals surface area (Å²) in [5, 5.41) is 14.4. The molecule has 0 spiro atoms. The molecule has 3 aromatic heterocycles. The normalized spacial score (nSPS) is 11.1. The first-order chi connectivity index (χ1) is 16.1. The molecule has 33 heavy (non-hydrogen) atoms. The van der Waals surface area contributed by atoms with Crippen LogP contribution in [-0.4, -0.2) is 29.9 Å². The first-order valence-corrected chi connectivity index (χ1v) is 11.6. The molecule has 164 valence electrons. The molecule has 0 unspecified atom stereocenters. The topological polar surface area (TPSA) is 82.5 Å². The minimum Gasteiger partial charge on any atom is -0.338 e. The van der Waals surface area contributed by atoms with Gasteiger partial charge in [0.2, 0.25) is 11.7 Å². The number of thioether (sulfide) groups is 1. The van der Waals surface area contributed by atoms with E-state index in [9.17, 15) is 0 Å². The van der Waals surface area contributed by atoms with Crippen molar-refractivity contribution in [2.75, 3.05) is 0 Å². The summed E-state index contributed by atoms with van der Waals surface area (Å²) in [6.07, 6.45) is 3.47. The molecule has 0 saturated carbocycles. The van der Waals surface area contributed by atoms with Gasteiger partial charge in [-0.2, -0.15) is 4.98 Å². The summed E-state index contributed by atoms with van der Waals surface area (Å²) in [5.74, 6) is 2.25. The van der Waals surface area contributed by atoms with Crippen molar-refractivity contribution in [1.82, 2.24) is 29.9 Å². The maximum atomic E-state index is 6.42. The van der Waals surface area contributed by atoms with E-state index in [-0.39, 0.29) is 0 Å². The van der Waals surface area contributed by atoms with Gasteiger partial charge in [-0.15, -0.1) is 10.2 Å². The monoisotopic (exact) mass is 474 g/mol. The zero-order valence-electron chi connectivity index (χ0n) is 17.9. The lowest BCUT2D eigenvalue weighted by molar-refractivity contribution is 0.391. The second-order valence-electron chi connectivity index (χ2n) is 7.38. The highest BCUT2D eigenvalue weighted by Gasteiger charge is 2.20. The third-order valence-electron chi connectivity index (χ3n) is 5.23. The second kappa shape index (κ2) is 9.17. The highest BCUT2D eigenvalue weighted by atomic mass is 35.5. The summed E-state index contributed by atoms with van der Waals surface area (Å²) in [5.41, 5.74) is 4.80. The van der Waals surface area contributed by atoms with Gasteiger partial charge in [-0.05, 0) is 49.2 Å². The van der Waals surface area contributed by atoms with Gasteiger partial charge in [-0.25, -0.2) is 0 Å². The van der Waals surface area contributed by atoms with E-state index >= 15 is 0 Å². The summed E-state index contributed by atoms with van der Waals surface area (Å²) in [6.45, 7) is 4.01. The summed E-state index contributed by atoms with van der Waals surface area (Å²) < 4.78 is 7.51. The first kappa shape index (κ1) is 21.4. The van der Waals surface area contributed by atoms with Crippen molar-refractivity contribution in [3.8, 4) is 28.5 Å². The third-order valence-corrected chi connectivity index (χ3v) is 6.55. The molecule has 0 aliphatic carbocycles. The lowest BCUT2D eigenvalue weighted by Gasteiger charge is -2.13. The van der Waals surface area contributed by atoms with Crippen LogP contribution in [0.3, 0.4) is 0 Å². The van der Waals surface area contributed by atoms with Gasteiger partial charge in [0.1, 0.15) is 0 Å².